The van der Waals surface area contributed by atoms with Gasteiger partial charge < -0.3 is 0 Å². The number of halogens is 4. The fourth-order valence-corrected chi connectivity index (χ4v) is 2.58. The van der Waals surface area contributed by atoms with Crippen LogP contribution >= 0.6 is 11.6 Å². The van der Waals surface area contributed by atoms with E-state index in [1.807, 2.05) is 24.3 Å². The topological polar surface area (TPSA) is 0 Å². The molecule has 0 aromatic heterocycles. The Kier molecular flexibility index (Phi) is 5.52. The lowest BCUT2D eigenvalue weighted by Crippen LogP contribution is -2.04. The second-order valence-corrected chi connectivity index (χ2v) is 5.75. The van der Waals surface area contributed by atoms with E-state index in [0.29, 0.717) is 16.1 Å². The van der Waals surface area contributed by atoms with Gasteiger partial charge in [0.05, 0.1) is 5.56 Å². The quantitative estimate of drug-likeness (QED) is 0.532. The molecule has 0 aliphatic carbocycles. The summed E-state index contributed by atoms with van der Waals surface area (Å²) in [7, 11) is 0. The zero-order valence-electron chi connectivity index (χ0n) is 12.4. The van der Waals surface area contributed by atoms with Crippen molar-refractivity contribution in [1.82, 2.24) is 0 Å². The molecule has 0 heterocycles. The highest BCUT2D eigenvalue weighted by atomic mass is 35.5. The third-order valence-corrected chi connectivity index (χ3v) is 3.96. The molecule has 0 spiro atoms. The Labute approximate surface area is 133 Å². The average molecular weight is 327 g/mol. The summed E-state index contributed by atoms with van der Waals surface area (Å²) >= 11 is 6.06. The van der Waals surface area contributed by atoms with Crippen LogP contribution in [0.15, 0.2) is 42.5 Å². The lowest BCUT2D eigenvalue weighted by Gasteiger charge is -2.11. The van der Waals surface area contributed by atoms with Crippen LogP contribution in [0, 0.1) is 0 Å². The SMILES string of the molecule is CCCCCc1ccc(-c2cc(C(F)(F)F)ccc2Cl)cc1. The number of benzene rings is 2. The van der Waals surface area contributed by atoms with E-state index >= 15 is 0 Å². The number of hydrogen-bond acceptors (Lipinski definition) is 0. The van der Waals surface area contributed by atoms with Gasteiger partial charge in [0.25, 0.3) is 0 Å². The minimum atomic E-state index is -4.36. The fourth-order valence-electron chi connectivity index (χ4n) is 2.35. The molecule has 0 fully saturated rings. The molecule has 0 unspecified atom stereocenters. The molecule has 0 radical (unpaired) electrons. The van der Waals surface area contributed by atoms with E-state index in [9.17, 15) is 13.2 Å². The molecular formula is C18H18ClF3. The lowest BCUT2D eigenvalue weighted by atomic mass is 9.99. The van der Waals surface area contributed by atoms with Crippen molar-refractivity contribution in [2.24, 2.45) is 0 Å². The third-order valence-electron chi connectivity index (χ3n) is 3.63. The van der Waals surface area contributed by atoms with Gasteiger partial charge in [-0.2, -0.15) is 13.2 Å². The lowest BCUT2D eigenvalue weighted by molar-refractivity contribution is -0.137. The predicted molar refractivity (Wildman–Crippen MR) is 85.1 cm³/mol. The van der Waals surface area contributed by atoms with Gasteiger partial charge >= 0.3 is 6.18 Å². The predicted octanol–water partition coefficient (Wildman–Crippen LogP) is 6.76. The Morgan fingerprint density at radius 1 is 0.955 bits per heavy atom. The highest BCUT2D eigenvalue weighted by Crippen LogP contribution is 2.36. The normalized spacial score (nSPS) is 11.7. The highest BCUT2D eigenvalue weighted by molar-refractivity contribution is 6.33. The van der Waals surface area contributed by atoms with Crippen molar-refractivity contribution in [3.8, 4) is 11.1 Å². The summed E-state index contributed by atoms with van der Waals surface area (Å²) in [5.41, 5.74) is 1.63. The summed E-state index contributed by atoms with van der Waals surface area (Å²) in [6, 6.07) is 11.0. The molecule has 0 aliphatic heterocycles. The minimum Gasteiger partial charge on any atom is -0.166 e. The van der Waals surface area contributed by atoms with Crippen molar-refractivity contribution in [2.45, 2.75) is 38.8 Å². The van der Waals surface area contributed by atoms with Crippen molar-refractivity contribution in [1.29, 1.82) is 0 Å². The molecule has 0 aliphatic rings. The van der Waals surface area contributed by atoms with Gasteiger partial charge in [0.1, 0.15) is 0 Å². The van der Waals surface area contributed by atoms with Gasteiger partial charge in [0.15, 0.2) is 0 Å². The van der Waals surface area contributed by atoms with Gasteiger partial charge in [-0.15, -0.1) is 0 Å². The summed E-state index contributed by atoms with van der Waals surface area (Å²) in [6.45, 7) is 2.15. The first-order valence-electron chi connectivity index (χ1n) is 7.38. The summed E-state index contributed by atoms with van der Waals surface area (Å²) in [6.07, 6.45) is 0.100. The zero-order chi connectivity index (χ0) is 16.2. The molecule has 0 nitrogen and oxygen atoms in total. The van der Waals surface area contributed by atoms with Crippen LogP contribution in [-0.2, 0) is 12.6 Å². The molecule has 0 saturated heterocycles. The number of alkyl halides is 3. The van der Waals surface area contributed by atoms with Gasteiger partial charge in [-0.3, -0.25) is 0 Å². The second-order valence-electron chi connectivity index (χ2n) is 5.35. The number of unbranched alkanes of at least 4 members (excludes halogenated alkanes) is 2. The van der Waals surface area contributed by atoms with E-state index in [0.717, 1.165) is 31.4 Å². The molecule has 4 heteroatoms. The summed E-state index contributed by atoms with van der Waals surface area (Å²) in [5, 5.41) is 0.326. The average Bonchev–Trinajstić information content (AvgIpc) is 2.48. The van der Waals surface area contributed by atoms with Crippen LogP contribution in [0.3, 0.4) is 0 Å². The van der Waals surface area contributed by atoms with Crippen molar-refractivity contribution in [3.63, 3.8) is 0 Å². The second kappa shape index (κ2) is 7.19. The third kappa shape index (κ3) is 4.26. The smallest absolute Gasteiger partial charge is 0.166 e. The fraction of sp³-hybridized carbons (Fsp3) is 0.333. The monoisotopic (exact) mass is 326 g/mol. The van der Waals surface area contributed by atoms with Crippen LogP contribution in [-0.4, -0.2) is 0 Å². The van der Waals surface area contributed by atoms with E-state index in [2.05, 4.69) is 6.92 Å². The van der Waals surface area contributed by atoms with Crippen LogP contribution in [0.1, 0.15) is 37.3 Å². The molecule has 2 aromatic carbocycles. The highest BCUT2D eigenvalue weighted by Gasteiger charge is 2.31. The Bertz CT molecular complexity index is 615. The van der Waals surface area contributed by atoms with E-state index in [4.69, 9.17) is 11.6 Å². The van der Waals surface area contributed by atoms with Crippen molar-refractivity contribution in [2.75, 3.05) is 0 Å². The van der Waals surface area contributed by atoms with E-state index in [1.165, 1.54) is 18.1 Å². The van der Waals surface area contributed by atoms with Crippen LogP contribution in [0.25, 0.3) is 11.1 Å². The molecule has 0 saturated carbocycles. The van der Waals surface area contributed by atoms with Crippen molar-refractivity contribution in [3.05, 3.63) is 58.6 Å². The van der Waals surface area contributed by atoms with Crippen LogP contribution in [0.4, 0.5) is 13.2 Å². The van der Waals surface area contributed by atoms with Gasteiger partial charge in [-0.1, -0.05) is 55.6 Å². The molecule has 2 aromatic rings. The molecular weight excluding hydrogens is 309 g/mol. The standard InChI is InChI=1S/C18H18ClF3/c1-2-3-4-5-13-6-8-14(9-7-13)16-12-15(18(20,21)22)10-11-17(16)19/h6-12H,2-5H2,1H3. The van der Waals surface area contributed by atoms with Gasteiger partial charge in [-0.25, -0.2) is 0 Å². The van der Waals surface area contributed by atoms with E-state index in [1.54, 1.807) is 0 Å². The van der Waals surface area contributed by atoms with Crippen LogP contribution < -0.4 is 0 Å². The summed E-state index contributed by atoms with van der Waals surface area (Å²) < 4.78 is 38.4. The van der Waals surface area contributed by atoms with Crippen molar-refractivity contribution < 1.29 is 13.2 Å². The maximum absolute atomic E-state index is 12.8. The maximum atomic E-state index is 12.8. The Morgan fingerprint density at radius 3 is 2.23 bits per heavy atom. The van der Waals surface area contributed by atoms with Crippen LogP contribution in [0.5, 0.6) is 0 Å². The molecule has 0 amide bonds. The van der Waals surface area contributed by atoms with Gasteiger partial charge in [-0.05, 0) is 42.2 Å². The first kappa shape index (κ1) is 16.9. The van der Waals surface area contributed by atoms with E-state index < -0.39 is 11.7 Å². The molecule has 0 bridgehead atoms. The van der Waals surface area contributed by atoms with E-state index in [-0.39, 0.29) is 0 Å². The molecule has 0 atom stereocenters. The molecule has 22 heavy (non-hydrogen) atoms. The Balaban J connectivity index is 2.24. The first-order chi connectivity index (χ1) is 10.4. The van der Waals surface area contributed by atoms with Gasteiger partial charge in [0.2, 0.25) is 0 Å². The number of aryl methyl sites for hydroxylation is 1. The van der Waals surface area contributed by atoms with Crippen molar-refractivity contribution >= 4 is 11.6 Å². The minimum absolute atomic E-state index is 0.326. The molecule has 0 N–H and O–H groups in total. The molecule has 2 rings (SSSR count). The number of rotatable bonds is 5. The Hall–Kier alpha value is -1.48. The summed E-state index contributed by atoms with van der Waals surface area (Å²) in [5.74, 6) is 0. The Morgan fingerprint density at radius 2 is 1.64 bits per heavy atom. The first-order valence-corrected chi connectivity index (χ1v) is 7.75. The maximum Gasteiger partial charge on any atom is 0.416 e. The molecule has 118 valence electrons. The largest absolute Gasteiger partial charge is 0.416 e. The number of hydrogen-bond donors (Lipinski definition) is 0. The zero-order valence-corrected chi connectivity index (χ0v) is 13.1. The van der Waals surface area contributed by atoms with Gasteiger partial charge in [0, 0.05) is 10.6 Å². The summed E-state index contributed by atoms with van der Waals surface area (Å²) in [4.78, 5) is 0. The van der Waals surface area contributed by atoms with Crippen LogP contribution in [0.2, 0.25) is 5.02 Å².